The Labute approximate surface area is 129 Å². The fourth-order valence-electron chi connectivity index (χ4n) is 1.77. The lowest BCUT2D eigenvalue weighted by Gasteiger charge is -2.10. The van der Waals surface area contributed by atoms with Gasteiger partial charge in [-0.05, 0) is 24.2 Å². The second-order valence-corrected chi connectivity index (χ2v) is 5.78. The molecule has 1 aromatic heterocycles. The van der Waals surface area contributed by atoms with E-state index in [0.717, 1.165) is 18.2 Å². The van der Waals surface area contributed by atoms with Crippen molar-refractivity contribution in [2.45, 2.75) is 29.8 Å². The molecule has 0 aliphatic rings. The number of aromatic amines is 1. The van der Waals surface area contributed by atoms with Gasteiger partial charge in [-0.3, -0.25) is 4.79 Å². The maximum atomic E-state index is 14.1. The normalized spacial score (nSPS) is 10.8. The summed E-state index contributed by atoms with van der Waals surface area (Å²) in [7, 11) is 0. The monoisotopic (exact) mass is 328 g/mol. The average Bonchev–Trinajstić information content (AvgIpc) is 2.41. The summed E-state index contributed by atoms with van der Waals surface area (Å²) in [6.45, 7) is 1.98. The highest BCUT2D eigenvalue weighted by Gasteiger charge is 2.16. The number of H-pyrrole nitrogens is 1. The molecule has 5 N–H and O–H groups in total. The van der Waals surface area contributed by atoms with Gasteiger partial charge in [-0.2, -0.15) is 0 Å². The third-order valence-corrected chi connectivity index (χ3v) is 4.09. The smallest absolute Gasteiger partial charge is 0.251 e. The SMILES string of the molecule is CCCc1cc(=O)[nH]c(Sc2c(N)cc(N)c(Cl)c2F)n1. The Hall–Kier alpha value is -1.73. The number of hydrogen-bond donors (Lipinski definition) is 3. The average molecular weight is 329 g/mol. The molecule has 0 amide bonds. The number of nitrogens with zero attached hydrogens (tertiary/aromatic N) is 1. The van der Waals surface area contributed by atoms with Gasteiger partial charge in [0, 0.05) is 11.8 Å². The summed E-state index contributed by atoms with van der Waals surface area (Å²) >= 11 is 6.68. The van der Waals surface area contributed by atoms with E-state index < -0.39 is 5.82 Å². The van der Waals surface area contributed by atoms with Crippen LogP contribution in [-0.4, -0.2) is 9.97 Å². The lowest BCUT2D eigenvalue weighted by molar-refractivity contribution is 0.604. The van der Waals surface area contributed by atoms with Crippen LogP contribution in [-0.2, 0) is 6.42 Å². The van der Waals surface area contributed by atoms with Crippen molar-refractivity contribution in [3.63, 3.8) is 0 Å². The van der Waals surface area contributed by atoms with Gasteiger partial charge in [0.1, 0.15) is 5.02 Å². The maximum absolute atomic E-state index is 14.1. The molecule has 2 aromatic rings. The highest BCUT2D eigenvalue weighted by molar-refractivity contribution is 7.99. The molecule has 0 saturated heterocycles. The van der Waals surface area contributed by atoms with Crippen LogP contribution in [0.25, 0.3) is 0 Å². The van der Waals surface area contributed by atoms with E-state index in [0.29, 0.717) is 12.1 Å². The van der Waals surface area contributed by atoms with E-state index in [9.17, 15) is 9.18 Å². The number of halogens is 2. The van der Waals surface area contributed by atoms with Crippen LogP contribution in [0.4, 0.5) is 15.8 Å². The summed E-state index contributed by atoms with van der Waals surface area (Å²) in [4.78, 5) is 18.5. The van der Waals surface area contributed by atoms with Crippen LogP contribution in [0.2, 0.25) is 5.02 Å². The Morgan fingerprint density at radius 1 is 1.38 bits per heavy atom. The Morgan fingerprint density at radius 2 is 2.10 bits per heavy atom. The molecule has 0 unspecified atom stereocenters. The molecular formula is C13H14ClFN4OS. The molecule has 0 saturated carbocycles. The molecule has 0 aliphatic carbocycles. The number of anilines is 2. The summed E-state index contributed by atoms with van der Waals surface area (Å²) in [5, 5.41) is 0.0659. The number of aryl methyl sites for hydroxylation is 1. The molecule has 0 aliphatic heterocycles. The van der Waals surface area contributed by atoms with E-state index in [2.05, 4.69) is 9.97 Å². The first-order valence-corrected chi connectivity index (χ1v) is 7.42. The lowest BCUT2D eigenvalue weighted by Crippen LogP contribution is -2.10. The predicted octanol–water partition coefficient (Wildman–Crippen LogP) is 2.83. The molecule has 8 heteroatoms. The van der Waals surface area contributed by atoms with E-state index in [1.54, 1.807) is 0 Å². The zero-order valence-electron chi connectivity index (χ0n) is 11.2. The number of nitrogens with two attached hydrogens (primary N) is 2. The van der Waals surface area contributed by atoms with E-state index in [-0.39, 0.29) is 32.0 Å². The standard InChI is InChI=1S/C13H14ClFN4OS/c1-2-3-6-4-9(20)19-13(18-6)21-12-8(17)5-7(16)10(14)11(12)15/h4-5H,2-3,16-17H2,1H3,(H,18,19,20). The molecule has 5 nitrogen and oxygen atoms in total. The number of aromatic nitrogens is 2. The van der Waals surface area contributed by atoms with Crippen molar-refractivity contribution < 1.29 is 4.39 Å². The number of rotatable bonds is 4. The van der Waals surface area contributed by atoms with Gasteiger partial charge in [0.15, 0.2) is 11.0 Å². The van der Waals surface area contributed by atoms with E-state index >= 15 is 0 Å². The van der Waals surface area contributed by atoms with Crippen LogP contribution in [0.1, 0.15) is 19.0 Å². The Bertz CT molecular complexity index is 735. The van der Waals surface area contributed by atoms with Gasteiger partial charge >= 0.3 is 0 Å². The van der Waals surface area contributed by atoms with Crippen LogP contribution >= 0.6 is 23.4 Å². The first-order chi connectivity index (χ1) is 9.92. The molecular weight excluding hydrogens is 315 g/mol. The third-order valence-electron chi connectivity index (χ3n) is 2.70. The molecule has 0 bridgehead atoms. The fourth-order valence-corrected chi connectivity index (χ4v) is 2.85. The van der Waals surface area contributed by atoms with Crippen molar-refractivity contribution >= 4 is 34.7 Å². The number of hydrogen-bond acceptors (Lipinski definition) is 5. The van der Waals surface area contributed by atoms with Crippen LogP contribution in [0.15, 0.2) is 27.0 Å². The van der Waals surface area contributed by atoms with E-state index in [1.807, 2.05) is 6.92 Å². The highest BCUT2D eigenvalue weighted by atomic mass is 35.5. The van der Waals surface area contributed by atoms with Crippen LogP contribution in [0.5, 0.6) is 0 Å². The minimum Gasteiger partial charge on any atom is -0.398 e. The van der Waals surface area contributed by atoms with Crippen LogP contribution < -0.4 is 17.0 Å². The van der Waals surface area contributed by atoms with Gasteiger partial charge in [0.05, 0.1) is 16.3 Å². The van der Waals surface area contributed by atoms with E-state index in [1.165, 1.54) is 12.1 Å². The topological polar surface area (TPSA) is 97.8 Å². The summed E-state index contributed by atoms with van der Waals surface area (Å²) in [6, 6.07) is 2.80. The molecule has 21 heavy (non-hydrogen) atoms. The quantitative estimate of drug-likeness (QED) is 0.592. The zero-order valence-corrected chi connectivity index (χ0v) is 12.8. The summed E-state index contributed by atoms with van der Waals surface area (Å²) < 4.78 is 14.1. The minimum absolute atomic E-state index is 0.0669. The molecule has 0 atom stereocenters. The van der Waals surface area contributed by atoms with Gasteiger partial charge in [-0.25, -0.2) is 9.37 Å². The van der Waals surface area contributed by atoms with Gasteiger partial charge in [-0.1, -0.05) is 24.9 Å². The number of nitrogens with one attached hydrogen (secondary N) is 1. The molecule has 2 rings (SSSR count). The Morgan fingerprint density at radius 3 is 2.76 bits per heavy atom. The van der Waals surface area contributed by atoms with Gasteiger partial charge in [0.2, 0.25) is 0 Å². The van der Waals surface area contributed by atoms with Gasteiger partial charge in [0.25, 0.3) is 5.56 Å². The predicted molar refractivity (Wildman–Crippen MR) is 83.2 cm³/mol. The van der Waals surface area contributed by atoms with Crippen molar-refractivity contribution in [1.29, 1.82) is 0 Å². The fraction of sp³-hybridized carbons (Fsp3) is 0.231. The van der Waals surface area contributed by atoms with Crippen LogP contribution in [0, 0.1) is 5.82 Å². The molecule has 0 radical (unpaired) electrons. The molecule has 1 aromatic carbocycles. The van der Waals surface area contributed by atoms with Crippen LogP contribution in [0.3, 0.4) is 0 Å². The number of benzene rings is 1. The van der Waals surface area contributed by atoms with Crippen molar-refractivity contribution in [3.8, 4) is 0 Å². The van der Waals surface area contributed by atoms with Crippen molar-refractivity contribution in [1.82, 2.24) is 9.97 Å². The van der Waals surface area contributed by atoms with E-state index in [4.69, 9.17) is 23.1 Å². The van der Waals surface area contributed by atoms with Gasteiger partial charge in [-0.15, -0.1) is 0 Å². The molecule has 0 fully saturated rings. The molecule has 112 valence electrons. The molecule has 0 spiro atoms. The zero-order chi connectivity index (χ0) is 15.6. The van der Waals surface area contributed by atoms with Crippen molar-refractivity contribution in [3.05, 3.63) is 39.0 Å². The Kier molecular flexibility index (Phi) is 4.74. The largest absolute Gasteiger partial charge is 0.398 e. The highest BCUT2D eigenvalue weighted by Crippen LogP contribution is 2.38. The lowest BCUT2D eigenvalue weighted by atomic mass is 10.2. The summed E-state index contributed by atoms with van der Waals surface area (Å²) in [5.74, 6) is -0.720. The molecule has 1 heterocycles. The summed E-state index contributed by atoms with van der Waals surface area (Å²) in [5.41, 5.74) is 11.8. The van der Waals surface area contributed by atoms with Crippen molar-refractivity contribution in [2.24, 2.45) is 0 Å². The Balaban J connectivity index is 2.43. The maximum Gasteiger partial charge on any atom is 0.251 e. The minimum atomic E-state index is -0.720. The first-order valence-electron chi connectivity index (χ1n) is 6.23. The number of nitrogen functional groups attached to an aromatic ring is 2. The summed E-state index contributed by atoms with van der Waals surface area (Å²) in [6.07, 6.45) is 1.52. The second kappa shape index (κ2) is 6.36. The van der Waals surface area contributed by atoms with Crippen molar-refractivity contribution in [2.75, 3.05) is 11.5 Å². The van der Waals surface area contributed by atoms with Gasteiger partial charge < -0.3 is 16.5 Å². The first kappa shape index (κ1) is 15.7. The third kappa shape index (κ3) is 3.48. The second-order valence-electron chi connectivity index (χ2n) is 4.41.